The summed E-state index contributed by atoms with van der Waals surface area (Å²) in [6, 6.07) is 18.5. The normalized spacial score (nSPS) is 10.9. The van der Waals surface area contributed by atoms with E-state index in [4.69, 9.17) is 4.74 Å². The molecule has 0 aliphatic carbocycles. The number of hydrogen-bond acceptors (Lipinski definition) is 5. The van der Waals surface area contributed by atoms with Crippen molar-refractivity contribution in [2.24, 2.45) is 0 Å². The smallest absolute Gasteiger partial charge is 0.337 e. The first-order valence-electron chi connectivity index (χ1n) is 8.38. The van der Waals surface area contributed by atoms with Crippen LogP contribution < -0.4 is 5.56 Å². The molecule has 0 saturated heterocycles. The number of fused-ring (bicyclic) bond motifs is 1. The molecule has 0 atom stereocenters. The summed E-state index contributed by atoms with van der Waals surface area (Å²) in [6.07, 6.45) is 0. The summed E-state index contributed by atoms with van der Waals surface area (Å²) in [5, 5.41) is 1.93. The number of aromatic nitrogens is 2. The average molecular weight is 376 g/mol. The van der Waals surface area contributed by atoms with Crippen molar-refractivity contribution in [1.29, 1.82) is 0 Å². The van der Waals surface area contributed by atoms with Gasteiger partial charge in [0.25, 0.3) is 5.56 Å². The van der Waals surface area contributed by atoms with Crippen molar-refractivity contribution in [2.75, 3.05) is 7.11 Å². The maximum absolute atomic E-state index is 13.1. The number of carbonyl (C=O) groups excluding carboxylic acids is 1. The highest BCUT2D eigenvalue weighted by Gasteiger charge is 2.14. The Hall–Kier alpha value is -3.25. The third-order valence-corrected chi connectivity index (χ3v) is 5.20. The largest absolute Gasteiger partial charge is 0.465 e. The maximum Gasteiger partial charge on any atom is 0.337 e. The lowest BCUT2D eigenvalue weighted by Crippen LogP contribution is -2.24. The second-order valence-electron chi connectivity index (χ2n) is 6.01. The molecule has 4 rings (SSSR count). The van der Waals surface area contributed by atoms with Crippen LogP contribution in [-0.2, 0) is 11.3 Å². The van der Waals surface area contributed by atoms with Gasteiger partial charge >= 0.3 is 5.97 Å². The lowest BCUT2D eigenvalue weighted by Gasteiger charge is -2.12. The van der Waals surface area contributed by atoms with Crippen molar-refractivity contribution in [2.45, 2.75) is 6.54 Å². The molecule has 0 radical (unpaired) electrons. The molecule has 2 aromatic carbocycles. The van der Waals surface area contributed by atoms with Crippen LogP contribution in [0.4, 0.5) is 0 Å². The number of esters is 1. The van der Waals surface area contributed by atoms with Crippen LogP contribution in [-0.4, -0.2) is 22.6 Å². The van der Waals surface area contributed by atoms with Gasteiger partial charge in [0.05, 0.1) is 35.1 Å². The van der Waals surface area contributed by atoms with Gasteiger partial charge in [-0.1, -0.05) is 30.3 Å². The van der Waals surface area contributed by atoms with Crippen molar-refractivity contribution in [3.05, 3.63) is 87.5 Å². The summed E-state index contributed by atoms with van der Waals surface area (Å²) in [5.74, 6) is -0.381. The summed E-state index contributed by atoms with van der Waals surface area (Å²) < 4.78 is 6.45. The molecule has 4 aromatic rings. The lowest BCUT2D eigenvalue weighted by molar-refractivity contribution is 0.0600. The fraction of sp³-hybridized carbons (Fsp3) is 0.0952. The molecule has 0 aliphatic rings. The summed E-state index contributed by atoms with van der Waals surface area (Å²) >= 11 is 1.49. The van der Waals surface area contributed by atoms with Gasteiger partial charge < -0.3 is 9.30 Å². The number of nitrogens with zero attached hydrogens (tertiary/aromatic N) is 2. The van der Waals surface area contributed by atoms with Crippen LogP contribution in [0.1, 0.15) is 15.9 Å². The molecule has 0 fully saturated rings. The number of hydrogen-bond donors (Lipinski definition) is 0. The molecule has 0 bridgehead atoms. The van der Waals surface area contributed by atoms with E-state index in [1.54, 1.807) is 16.7 Å². The van der Waals surface area contributed by atoms with Gasteiger partial charge in [-0.2, -0.15) is 0 Å². The fourth-order valence-electron chi connectivity index (χ4n) is 2.97. The Labute approximate surface area is 159 Å². The molecule has 5 nitrogen and oxygen atoms in total. The molecular formula is C21H16N2O3S. The monoisotopic (exact) mass is 376 g/mol. The number of benzene rings is 2. The zero-order chi connectivity index (χ0) is 18.8. The number of methoxy groups -OCH3 is 1. The number of rotatable bonds is 4. The Morgan fingerprint density at radius 3 is 2.56 bits per heavy atom. The standard InChI is InChI=1S/C21H16N2O3S/c1-26-21(25)15-10-8-14(9-11-15)13-23-17-6-3-2-5-16(17)22-19(20(23)24)18-7-4-12-27-18/h2-12H,13H2,1H3. The molecular weight excluding hydrogens is 360 g/mol. The Morgan fingerprint density at radius 2 is 1.85 bits per heavy atom. The van der Waals surface area contributed by atoms with Gasteiger partial charge in [-0.15, -0.1) is 11.3 Å². The zero-order valence-electron chi connectivity index (χ0n) is 14.6. The van der Waals surface area contributed by atoms with Crippen LogP contribution in [0.3, 0.4) is 0 Å². The molecule has 134 valence electrons. The van der Waals surface area contributed by atoms with Gasteiger partial charge in [0.15, 0.2) is 0 Å². The van der Waals surface area contributed by atoms with E-state index in [1.807, 2.05) is 53.9 Å². The first-order valence-corrected chi connectivity index (χ1v) is 9.26. The van der Waals surface area contributed by atoms with E-state index in [-0.39, 0.29) is 11.5 Å². The van der Waals surface area contributed by atoms with E-state index >= 15 is 0 Å². The number of carbonyl (C=O) groups is 1. The molecule has 2 heterocycles. The van der Waals surface area contributed by atoms with Gasteiger partial charge in [0.2, 0.25) is 0 Å². The molecule has 0 unspecified atom stereocenters. The van der Waals surface area contributed by atoms with Crippen molar-refractivity contribution < 1.29 is 9.53 Å². The Bertz CT molecular complexity index is 1160. The summed E-state index contributed by atoms with van der Waals surface area (Å²) in [7, 11) is 1.35. The van der Waals surface area contributed by atoms with Crippen molar-refractivity contribution >= 4 is 28.3 Å². The molecule has 0 aliphatic heterocycles. The quantitative estimate of drug-likeness (QED) is 0.506. The Kier molecular flexibility index (Phi) is 4.56. The van der Waals surface area contributed by atoms with Crippen LogP contribution in [0.25, 0.3) is 21.6 Å². The van der Waals surface area contributed by atoms with Gasteiger partial charge in [0, 0.05) is 0 Å². The zero-order valence-corrected chi connectivity index (χ0v) is 15.4. The van der Waals surface area contributed by atoms with Crippen LogP contribution in [0, 0.1) is 0 Å². The van der Waals surface area contributed by atoms with Crippen LogP contribution in [0.2, 0.25) is 0 Å². The molecule has 6 heteroatoms. The van der Waals surface area contributed by atoms with E-state index in [0.717, 1.165) is 21.5 Å². The number of thiophene rings is 1. The highest BCUT2D eigenvalue weighted by Crippen LogP contribution is 2.22. The maximum atomic E-state index is 13.1. The highest BCUT2D eigenvalue weighted by molar-refractivity contribution is 7.13. The average Bonchev–Trinajstić information content (AvgIpc) is 3.24. The SMILES string of the molecule is COC(=O)c1ccc(Cn2c(=O)c(-c3cccs3)nc3ccccc32)cc1. The van der Waals surface area contributed by atoms with Crippen molar-refractivity contribution in [3.8, 4) is 10.6 Å². The second kappa shape index (κ2) is 7.17. The van der Waals surface area contributed by atoms with E-state index < -0.39 is 0 Å². The predicted octanol–water partition coefficient (Wildman–Crippen LogP) is 3.96. The van der Waals surface area contributed by atoms with Crippen molar-refractivity contribution in [3.63, 3.8) is 0 Å². The summed E-state index contributed by atoms with van der Waals surface area (Å²) in [5.41, 5.74) is 3.26. The van der Waals surface area contributed by atoms with Crippen LogP contribution in [0.15, 0.2) is 70.8 Å². The van der Waals surface area contributed by atoms with E-state index in [1.165, 1.54) is 18.4 Å². The molecule has 0 N–H and O–H groups in total. The van der Waals surface area contributed by atoms with Crippen molar-refractivity contribution in [1.82, 2.24) is 9.55 Å². The minimum Gasteiger partial charge on any atom is -0.465 e. The van der Waals surface area contributed by atoms with Crippen LogP contribution >= 0.6 is 11.3 Å². The Morgan fingerprint density at radius 1 is 1.07 bits per heavy atom. The first kappa shape index (κ1) is 17.2. The second-order valence-corrected chi connectivity index (χ2v) is 6.95. The lowest BCUT2D eigenvalue weighted by atomic mass is 10.1. The summed E-state index contributed by atoms with van der Waals surface area (Å²) in [4.78, 5) is 30.2. The van der Waals surface area contributed by atoms with Crippen LogP contribution in [0.5, 0.6) is 0 Å². The minimum absolute atomic E-state index is 0.131. The fourth-order valence-corrected chi connectivity index (χ4v) is 3.68. The molecule has 0 amide bonds. The topological polar surface area (TPSA) is 61.2 Å². The van der Waals surface area contributed by atoms with E-state index in [2.05, 4.69) is 4.98 Å². The van der Waals surface area contributed by atoms with Gasteiger partial charge in [0.1, 0.15) is 5.69 Å². The minimum atomic E-state index is -0.381. The van der Waals surface area contributed by atoms with Gasteiger partial charge in [-0.25, -0.2) is 9.78 Å². The highest BCUT2D eigenvalue weighted by atomic mass is 32.1. The van der Waals surface area contributed by atoms with E-state index in [0.29, 0.717) is 17.8 Å². The van der Waals surface area contributed by atoms with Gasteiger partial charge in [-0.3, -0.25) is 4.79 Å². The summed E-state index contributed by atoms with van der Waals surface area (Å²) in [6.45, 7) is 0.391. The first-order chi connectivity index (χ1) is 13.2. The van der Waals surface area contributed by atoms with E-state index in [9.17, 15) is 9.59 Å². The Balaban J connectivity index is 1.82. The third kappa shape index (κ3) is 3.27. The molecule has 27 heavy (non-hydrogen) atoms. The van der Waals surface area contributed by atoms with Gasteiger partial charge in [-0.05, 0) is 41.3 Å². The molecule has 2 aromatic heterocycles. The molecule has 0 saturated carbocycles. The molecule has 0 spiro atoms. The number of para-hydroxylation sites is 2. The third-order valence-electron chi connectivity index (χ3n) is 4.32. The predicted molar refractivity (Wildman–Crippen MR) is 106 cm³/mol. The number of ether oxygens (including phenoxy) is 1.